The largest absolute Gasteiger partial charge is 0.493 e. The molecule has 1 spiro atoms. The van der Waals surface area contributed by atoms with Gasteiger partial charge in [0.2, 0.25) is 5.91 Å². The number of amides is 4. The number of anilines is 1. The monoisotopic (exact) mass is 389 g/mol. The number of imide groups is 1. The number of likely N-dealkylation sites (N-methyl/N-ethyl adjacent to an activating group) is 1. The topological polar surface area (TPSA) is 88.2 Å². The van der Waals surface area contributed by atoms with E-state index in [1.807, 2.05) is 0 Å². The zero-order valence-electron chi connectivity index (χ0n) is 16.8. The summed E-state index contributed by atoms with van der Waals surface area (Å²) >= 11 is 0. The number of carbonyl (C=O) groups excluding carboxylic acids is 3. The first-order valence-corrected chi connectivity index (χ1v) is 9.44. The number of hydrogen-bond donors (Lipinski definition) is 1. The van der Waals surface area contributed by atoms with Gasteiger partial charge < -0.3 is 19.7 Å². The molecule has 0 atom stereocenters. The second kappa shape index (κ2) is 7.69. The molecule has 8 heteroatoms. The molecule has 152 valence electrons. The molecule has 4 amide bonds. The van der Waals surface area contributed by atoms with Crippen LogP contribution in [-0.4, -0.2) is 56.1 Å². The Morgan fingerprint density at radius 3 is 2.46 bits per heavy atom. The van der Waals surface area contributed by atoms with Crippen LogP contribution in [0.15, 0.2) is 18.2 Å². The van der Waals surface area contributed by atoms with Crippen molar-refractivity contribution in [1.29, 1.82) is 0 Å². The minimum absolute atomic E-state index is 0.293. The molecule has 0 aromatic heterocycles. The van der Waals surface area contributed by atoms with Crippen molar-refractivity contribution in [3.05, 3.63) is 18.2 Å². The van der Waals surface area contributed by atoms with Crippen LogP contribution >= 0.6 is 0 Å². The van der Waals surface area contributed by atoms with E-state index in [9.17, 15) is 14.4 Å². The van der Waals surface area contributed by atoms with Gasteiger partial charge in [0.05, 0.1) is 14.2 Å². The molecular weight excluding hydrogens is 362 g/mol. The molecule has 1 aliphatic heterocycles. The Labute approximate surface area is 164 Å². The lowest BCUT2D eigenvalue weighted by atomic mass is 9.77. The van der Waals surface area contributed by atoms with Crippen LogP contribution in [0.5, 0.6) is 11.5 Å². The second-order valence-corrected chi connectivity index (χ2v) is 7.58. The lowest BCUT2D eigenvalue weighted by Crippen LogP contribution is -2.50. The molecule has 1 N–H and O–H groups in total. The smallest absolute Gasteiger partial charge is 0.325 e. The van der Waals surface area contributed by atoms with Gasteiger partial charge in [-0.1, -0.05) is 6.92 Å². The highest BCUT2D eigenvalue weighted by Crippen LogP contribution is 2.36. The average Bonchev–Trinajstić information content (AvgIpc) is 2.93. The van der Waals surface area contributed by atoms with Gasteiger partial charge in [-0.05, 0) is 43.7 Å². The highest BCUT2D eigenvalue weighted by atomic mass is 16.5. The van der Waals surface area contributed by atoms with E-state index in [-0.39, 0.29) is 18.4 Å². The third-order valence-corrected chi connectivity index (χ3v) is 5.80. The number of carbonyl (C=O) groups is 3. The van der Waals surface area contributed by atoms with Gasteiger partial charge in [-0.2, -0.15) is 0 Å². The van der Waals surface area contributed by atoms with Crippen LogP contribution in [0.4, 0.5) is 10.5 Å². The first-order valence-electron chi connectivity index (χ1n) is 9.44. The summed E-state index contributed by atoms with van der Waals surface area (Å²) in [5.41, 5.74) is -0.262. The zero-order valence-corrected chi connectivity index (χ0v) is 16.8. The van der Waals surface area contributed by atoms with Gasteiger partial charge >= 0.3 is 6.03 Å². The molecule has 0 bridgehead atoms. The van der Waals surface area contributed by atoms with Crippen LogP contribution in [0.25, 0.3) is 0 Å². The van der Waals surface area contributed by atoms with Crippen molar-refractivity contribution in [2.45, 2.75) is 38.1 Å². The Kier molecular flexibility index (Phi) is 5.49. The molecule has 8 nitrogen and oxygen atoms in total. The summed E-state index contributed by atoms with van der Waals surface area (Å²) < 4.78 is 10.5. The fourth-order valence-electron chi connectivity index (χ4n) is 3.83. The zero-order chi connectivity index (χ0) is 20.5. The first-order chi connectivity index (χ1) is 13.3. The number of urea groups is 1. The van der Waals surface area contributed by atoms with Crippen molar-refractivity contribution in [2.24, 2.45) is 5.92 Å². The van der Waals surface area contributed by atoms with Gasteiger partial charge in [-0.25, -0.2) is 4.79 Å². The van der Waals surface area contributed by atoms with E-state index in [1.165, 1.54) is 19.1 Å². The van der Waals surface area contributed by atoms with Crippen LogP contribution in [-0.2, 0) is 9.59 Å². The summed E-state index contributed by atoms with van der Waals surface area (Å²) in [6.45, 7) is 1.85. The molecular formula is C20H27N3O5. The standard InChI is InChI=1S/C20H27N3O5/c1-13-7-9-20(10-8-13)18(25)23(19(26)21-20)12-17(24)22(2)14-5-6-15(27-3)16(11-14)28-4/h5-6,11,13H,7-10,12H2,1-4H3,(H,21,26). The molecule has 1 aliphatic carbocycles. The van der Waals surface area contributed by atoms with E-state index in [2.05, 4.69) is 12.2 Å². The molecule has 0 radical (unpaired) electrons. The molecule has 2 fully saturated rings. The molecule has 3 rings (SSSR count). The average molecular weight is 389 g/mol. The van der Waals surface area contributed by atoms with Crippen molar-refractivity contribution in [1.82, 2.24) is 10.2 Å². The van der Waals surface area contributed by atoms with E-state index >= 15 is 0 Å². The first kappa shape index (κ1) is 20.0. The number of rotatable bonds is 5. The maximum absolute atomic E-state index is 12.9. The predicted molar refractivity (Wildman–Crippen MR) is 104 cm³/mol. The summed E-state index contributed by atoms with van der Waals surface area (Å²) in [6.07, 6.45) is 3.02. The van der Waals surface area contributed by atoms with Crippen LogP contribution in [0.3, 0.4) is 0 Å². The fraction of sp³-hybridized carbons (Fsp3) is 0.550. The lowest BCUT2D eigenvalue weighted by molar-refractivity contribution is -0.135. The molecule has 1 saturated carbocycles. The van der Waals surface area contributed by atoms with Crippen LogP contribution < -0.4 is 19.7 Å². The summed E-state index contributed by atoms with van der Waals surface area (Å²) in [7, 11) is 4.65. The van der Waals surface area contributed by atoms with Gasteiger partial charge in [0.1, 0.15) is 12.1 Å². The normalized spacial score (nSPS) is 24.3. The molecule has 28 heavy (non-hydrogen) atoms. The molecule has 0 unspecified atom stereocenters. The Morgan fingerprint density at radius 1 is 1.21 bits per heavy atom. The Morgan fingerprint density at radius 2 is 1.86 bits per heavy atom. The number of methoxy groups -OCH3 is 2. The summed E-state index contributed by atoms with van der Waals surface area (Å²) in [5, 5.41) is 2.84. The summed E-state index contributed by atoms with van der Waals surface area (Å²) in [6, 6.07) is 4.60. The van der Waals surface area contributed by atoms with Crippen molar-refractivity contribution >= 4 is 23.5 Å². The quantitative estimate of drug-likeness (QED) is 0.780. The summed E-state index contributed by atoms with van der Waals surface area (Å²) in [5.74, 6) is 0.928. The molecule has 1 saturated heterocycles. The van der Waals surface area contributed by atoms with Gasteiger partial charge in [0, 0.05) is 18.8 Å². The second-order valence-electron chi connectivity index (χ2n) is 7.58. The number of hydrogen-bond acceptors (Lipinski definition) is 5. The number of benzene rings is 1. The van der Waals surface area contributed by atoms with E-state index in [0.717, 1.165) is 17.7 Å². The molecule has 1 aromatic rings. The Bertz CT molecular complexity index is 786. The van der Waals surface area contributed by atoms with Crippen LogP contribution in [0.1, 0.15) is 32.6 Å². The Hall–Kier alpha value is -2.77. The molecule has 2 aliphatic rings. The fourth-order valence-corrected chi connectivity index (χ4v) is 3.83. The maximum atomic E-state index is 12.9. The SMILES string of the molecule is COc1ccc(N(C)C(=O)CN2C(=O)NC3(CCC(C)CC3)C2=O)cc1OC. The predicted octanol–water partition coefficient (Wildman–Crippen LogP) is 2.17. The highest BCUT2D eigenvalue weighted by Gasteiger charge is 2.52. The number of ether oxygens (including phenoxy) is 2. The Balaban J connectivity index is 1.72. The highest BCUT2D eigenvalue weighted by molar-refractivity contribution is 6.10. The van der Waals surface area contributed by atoms with Gasteiger partial charge in [-0.15, -0.1) is 0 Å². The minimum Gasteiger partial charge on any atom is -0.493 e. The van der Waals surface area contributed by atoms with E-state index < -0.39 is 11.6 Å². The number of nitrogens with zero attached hydrogens (tertiary/aromatic N) is 2. The van der Waals surface area contributed by atoms with Crippen molar-refractivity contribution in [3.63, 3.8) is 0 Å². The van der Waals surface area contributed by atoms with Crippen molar-refractivity contribution < 1.29 is 23.9 Å². The van der Waals surface area contributed by atoms with Crippen molar-refractivity contribution in [2.75, 3.05) is 32.7 Å². The van der Waals surface area contributed by atoms with Crippen LogP contribution in [0, 0.1) is 5.92 Å². The molecule has 1 aromatic carbocycles. The lowest BCUT2D eigenvalue weighted by Gasteiger charge is -2.33. The van der Waals surface area contributed by atoms with Gasteiger partial charge in [-0.3, -0.25) is 14.5 Å². The minimum atomic E-state index is -0.841. The third-order valence-electron chi connectivity index (χ3n) is 5.80. The third kappa shape index (κ3) is 3.50. The van der Waals surface area contributed by atoms with Gasteiger partial charge in [0.15, 0.2) is 11.5 Å². The van der Waals surface area contributed by atoms with E-state index in [0.29, 0.717) is 35.9 Å². The van der Waals surface area contributed by atoms with E-state index in [1.54, 1.807) is 25.2 Å². The maximum Gasteiger partial charge on any atom is 0.325 e. The number of nitrogens with one attached hydrogen (secondary N) is 1. The van der Waals surface area contributed by atoms with E-state index in [4.69, 9.17) is 9.47 Å². The summed E-state index contributed by atoms with van der Waals surface area (Å²) in [4.78, 5) is 40.5. The van der Waals surface area contributed by atoms with Crippen LogP contribution in [0.2, 0.25) is 0 Å². The van der Waals surface area contributed by atoms with Gasteiger partial charge in [0.25, 0.3) is 5.91 Å². The van der Waals surface area contributed by atoms with Crippen molar-refractivity contribution in [3.8, 4) is 11.5 Å². The molecule has 1 heterocycles.